The fourth-order valence-electron chi connectivity index (χ4n) is 5.14. The van der Waals surface area contributed by atoms with E-state index in [0.29, 0.717) is 6.61 Å². The van der Waals surface area contributed by atoms with Gasteiger partial charge in [-0.1, -0.05) is 42.5 Å². The molecule has 2 fully saturated rings. The Morgan fingerprint density at radius 2 is 1.75 bits per heavy atom. The summed E-state index contributed by atoms with van der Waals surface area (Å²) in [6.07, 6.45) is 3.35. The maximum absolute atomic E-state index is 12.5. The van der Waals surface area contributed by atoms with Crippen LogP contribution >= 0.6 is 0 Å². The van der Waals surface area contributed by atoms with Crippen LogP contribution in [0.25, 0.3) is 0 Å². The zero-order valence-electron chi connectivity index (χ0n) is 19.4. The third kappa shape index (κ3) is 4.53. The third-order valence-corrected chi connectivity index (χ3v) is 6.93. The van der Waals surface area contributed by atoms with Crippen molar-refractivity contribution in [2.24, 2.45) is 11.3 Å². The highest BCUT2D eigenvalue weighted by atomic mass is 16.5. The number of carbonyl (C=O) groups excluding carboxylic acids is 1. The Balaban J connectivity index is 1.33. The summed E-state index contributed by atoms with van der Waals surface area (Å²) in [6.45, 7) is 6.49. The maximum atomic E-state index is 12.5. The number of benzene rings is 2. The Kier molecular flexibility index (Phi) is 6.56. The average Bonchev–Trinajstić information content (AvgIpc) is 3.26. The van der Waals surface area contributed by atoms with Crippen LogP contribution in [0.2, 0.25) is 0 Å². The van der Waals surface area contributed by atoms with Crippen LogP contribution in [0.5, 0.6) is 11.5 Å². The lowest BCUT2D eigenvalue weighted by Crippen LogP contribution is -2.31. The van der Waals surface area contributed by atoms with Gasteiger partial charge < -0.3 is 19.1 Å². The van der Waals surface area contributed by atoms with Crippen LogP contribution in [0.3, 0.4) is 0 Å². The van der Waals surface area contributed by atoms with Gasteiger partial charge >= 0.3 is 5.97 Å². The molecule has 170 valence electrons. The molecule has 2 aromatic rings. The Labute approximate surface area is 191 Å². The van der Waals surface area contributed by atoms with Gasteiger partial charge in [0.05, 0.1) is 26.2 Å². The minimum Gasteiger partial charge on any atom is -0.493 e. The van der Waals surface area contributed by atoms with Gasteiger partial charge in [-0.15, -0.1) is 0 Å². The minimum atomic E-state index is -0.394. The van der Waals surface area contributed by atoms with Gasteiger partial charge in [-0.05, 0) is 61.6 Å². The Morgan fingerprint density at radius 1 is 1.06 bits per heavy atom. The summed E-state index contributed by atoms with van der Waals surface area (Å²) in [5.74, 6) is 1.76. The van der Waals surface area contributed by atoms with E-state index in [9.17, 15) is 4.79 Å². The monoisotopic (exact) mass is 435 g/mol. The van der Waals surface area contributed by atoms with Crippen molar-refractivity contribution in [3.8, 4) is 11.5 Å². The van der Waals surface area contributed by atoms with Crippen LogP contribution in [0, 0.1) is 11.3 Å². The van der Waals surface area contributed by atoms with Gasteiger partial charge in [-0.3, -0.25) is 4.79 Å². The number of methoxy groups -OCH3 is 2. The van der Waals surface area contributed by atoms with Gasteiger partial charge in [0.1, 0.15) is 0 Å². The summed E-state index contributed by atoms with van der Waals surface area (Å²) in [7, 11) is 5.45. The molecule has 1 saturated heterocycles. The molecule has 0 aromatic heterocycles. The minimum absolute atomic E-state index is 0.0416. The van der Waals surface area contributed by atoms with Crippen LogP contribution in [0.4, 0.5) is 0 Å². The Hall–Kier alpha value is -2.79. The molecule has 2 aliphatic rings. The lowest BCUT2D eigenvalue weighted by Gasteiger charge is -2.24. The summed E-state index contributed by atoms with van der Waals surface area (Å²) in [4.78, 5) is 14.8. The largest absolute Gasteiger partial charge is 0.493 e. The first-order valence-corrected chi connectivity index (χ1v) is 11.2. The predicted octanol–water partition coefficient (Wildman–Crippen LogP) is 4.43. The molecule has 5 heteroatoms. The van der Waals surface area contributed by atoms with Crippen molar-refractivity contribution < 1.29 is 19.0 Å². The molecule has 1 aliphatic carbocycles. The van der Waals surface area contributed by atoms with E-state index in [-0.39, 0.29) is 11.9 Å². The molecule has 0 bridgehead atoms. The molecule has 1 aliphatic heterocycles. The highest BCUT2D eigenvalue weighted by molar-refractivity contribution is 5.81. The van der Waals surface area contributed by atoms with E-state index in [1.807, 2.05) is 12.1 Å². The zero-order chi connectivity index (χ0) is 22.7. The number of hydrogen-bond donors (Lipinski definition) is 0. The highest BCUT2D eigenvalue weighted by Crippen LogP contribution is 2.52. The second-order valence-corrected chi connectivity index (χ2v) is 9.25. The molecule has 0 spiro atoms. The zero-order valence-corrected chi connectivity index (χ0v) is 19.4. The van der Waals surface area contributed by atoms with Crippen molar-refractivity contribution >= 4 is 5.97 Å². The molecule has 5 nitrogen and oxygen atoms in total. The molecule has 2 atom stereocenters. The smallest absolute Gasteiger partial charge is 0.313 e. The van der Waals surface area contributed by atoms with Crippen LogP contribution in [0.1, 0.15) is 29.5 Å². The summed E-state index contributed by atoms with van der Waals surface area (Å²) < 4.78 is 16.1. The summed E-state index contributed by atoms with van der Waals surface area (Å²) >= 11 is 0. The predicted molar refractivity (Wildman–Crippen MR) is 125 cm³/mol. The second kappa shape index (κ2) is 9.37. The topological polar surface area (TPSA) is 48.0 Å². The Morgan fingerprint density at radius 3 is 2.47 bits per heavy atom. The van der Waals surface area contributed by atoms with Crippen molar-refractivity contribution in [1.82, 2.24) is 4.90 Å². The number of likely N-dealkylation sites (N-methyl/N-ethyl adjacent to an activating group) is 1. The molecule has 0 radical (unpaired) electrons. The number of esters is 1. The van der Waals surface area contributed by atoms with Crippen molar-refractivity contribution in [3.05, 3.63) is 71.3 Å². The van der Waals surface area contributed by atoms with E-state index in [2.05, 4.69) is 48.9 Å². The quantitative estimate of drug-likeness (QED) is 0.431. The van der Waals surface area contributed by atoms with Gasteiger partial charge in [0.15, 0.2) is 11.5 Å². The molecule has 4 rings (SSSR count). The molecule has 1 saturated carbocycles. The molecule has 0 amide bonds. The van der Waals surface area contributed by atoms with Crippen LogP contribution in [0.15, 0.2) is 54.6 Å². The van der Waals surface area contributed by atoms with Crippen LogP contribution in [-0.4, -0.2) is 45.3 Å². The van der Waals surface area contributed by atoms with E-state index >= 15 is 0 Å². The van der Waals surface area contributed by atoms with Crippen molar-refractivity contribution in [2.45, 2.75) is 32.2 Å². The molecule has 1 heterocycles. The van der Waals surface area contributed by atoms with Crippen molar-refractivity contribution in [3.63, 3.8) is 0 Å². The fraction of sp³-hybridized carbons (Fsp3) is 0.444. The standard InChI is InChI=1S/C27H33NO4/c1-19-13-23-18-32-26(29)27(23,15-19)16-21-5-7-22(8-6-21)17-28(2)12-11-20-9-10-24(30-3)25(14-20)31-4/h5-10,14,23H,1,11-13,15-18H2,2-4H3. The number of hydrogen-bond acceptors (Lipinski definition) is 5. The molecule has 32 heavy (non-hydrogen) atoms. The van der Waals surface area contributed by atoms with E-state index < -0.39 is 5.41 Å². The number of allylic oxidation sites excluding steroid dienone is 1. The lowest BCUT2D eigenvalue weighted by molar-refractivity contribution is -0.146. The average molecular weight is 436 g/mol. The van der Waals surface area contributed by atoms with Gasteiger partial charge in [-0.25, -0.2) is 0 Å². The van der Waals surface area contributed by atoms with Crippen molar-refractivity contribution in [1.29, 1.82) is 0 Å². The van der Waals surface area contributed by atoms with Gasteiger partial charge in [0.2, 0.25) is 0 Å². The molecule has 0 N–H and O–H groups in total. The first kappa shape index (κ1) is 22.4. The Bertz CT molecular complexity index is 984. The van der Waals surface area contributed by atoms with Gasteiger partial charge in [0.25, 0.3) is 0 Å². The number of nitrogens with zero attached hydrogens (tertiary/aromatic N) is 1. The normalized spacial score (nSPS) is 22.2. The lowest BCUT2D eigenvalue weighted by atomic mass is 9.75. The number of rotatable bonds is 9. The maximum Gasteiger partial charge on any atom is 0.313 e. The number of carbonyl (C=O) groups is 1. The summed E-state index contributed by atoms with van der Waals surface area (Å²) in [6, 6.07) is 14.8. The SMILES string of the molecule is C=C1CC2COC(=O)C2(Cc2ccc(CN(C)CCc3ccc(OC)c(OC)c3)cc2)C1. The first-order valence-electron chi connectivity index (χ1n) is 11.2. The van der Waals surface area contributed by atoms with E-state index in [0.717, 1.165) is 50.3 Å². The van der Waals surface area contributed by atoms with Crippen LogP contribution in [-0.2, 0) is 28.9 Å². The highest BCUT2D eigenvalue weighted by Gasteiger charge is 2.55. The number of cyclic esters (lactones) is 1. The van der Waals surface area contributed by atoms with Gasteiger partial charge in [0, 0.05) is 19.0 Å². The number of fused-ring (bicyclic) bond motifs is 1. The first-order chi connectivity index (χ1) is 15.4. The van der Waals surface area contributed by atoms with Crippen LogP contribution < -0.4 is 9.47 Å². The van der Waals surface area contributed by atoms with Crippen molar-refractivity contribution in [2.75, 3.05) is 34.4 Å². The summed E-state index contributed by atoms with van der Waals surface area (Å²) in [5, 5.41) is 0. The van der Waals surface area contributed by atoms with E-state index in [1.165, 1.54) is 22.3 Å². The van der Waals surface area contributed by atoms with Gasteiger partial charge in [-0.2, -0.15) is 0 Å². The molecular formula is C27H33NO4. The summed E-state index contributed by atoms with van der Waals surface area (Å²) in [5.41, 5.74) is 4.47. The second-order valence-electron chi connectivity index (χ2n) is 9.25. The molecule has 2 aromatic carbocycles. The molecule has 2 unspecified atom stereocenters. The van der Waals surface area contributed by atoms with E-state index in [4.69, 9.17) is 14.2 Å². The third-order valence-electron chi connectivity index (χ3n) is 6.93. The van der Waals surface area contributed by atoms with E-state index in [1.54, 1.807) is 14.2 Å². The fourth-order valence-corrected chi connectivity index (χ4v) is 5.14. The number of ether oxygens (including phenoxy) is 3. The molecular weight excluding hydrogens is 402 g/mol.